The number of Topliss-reactive ketones (excluding diaryl/α,β-unsaturated/α-hetero) is 1. The van der Waals surface area contributed by atoms with Gasteiger partial charge in [0, 0.05) is 17.9 Å². The van der Waals surface area contributed by atoms with Crippen LogP contribution in [-0.2, 0) is 14.3 Å². The smallest absolute Gasteiger partial charge is 0.305 e. The second-order valence-electron chi connectivity index (χ2n) is 6.81. The standard InChI is InChI=1S/C21H27ClO4/c1-26-20(24)11-5-3-2-4-10-17-16(14-18(22)21(17)25)12-13-19(23)15-8-6-7-9-15/h2,4,10,12-16,19,23H,3,5-9,11H2,1H3. The van der Waals surface area contributed by atoms with E-state index in [4.69, 9.17) is 11.6 Å². The number of unbranched alkanes of at least 4 members (excludes halogenated alkanes) is 1. The minimum atomic E-state index is -0.463. The van der Waals surface area contributed by atoms with Crippen molar-refractivity contribution < 1.29 is 19.4 Å². The van der Waals surface area contributed by atoms with Crippen LogP contribution in [0.5, 0.6) is 0 Å². The molecule has 5 heteroatoms. The van der Waals surface area contributed by atoms with Crippen molar-refractivity contribution in [1.82, 2.24) is 0 Å². The maximum Gasteiger partial charge on any atom is 0.305 e. The van der Waals surface area contributed by atoms with E-state index in [2.05, 4.69) is 4.74 Å². The summed E-state index contributed by atoms with van der Waals surface area (Å²) in [5.74, 6) is -0.267. The molecule has 2 atom stereocenters. The topological polar surface area (TPSA) is 63.6 Å². The van der Waals surface area contributed by atoms with Crippen molar-refractivity contribution >= 4 is 23.4 Å². The van der Waals surface area contributed by atoms with Crippen LogP contribution < -0.4 is 0 Å². The number of carbonyl (C=O) groups is 2. The summed E-state index contributed by atoms with van der Waals surface area (Å²) >= 11 is 6.01. The first kappa shape index (κ1) is 20.7. The van der Waals surface area contributed by atoms with Gasteiger partial charge < -0.3 is 9.84 Å². The predicted molar refractivity (Wildman–Crippen MR) is 103 cm³/mol. The number of carbonyl (C=O) groups excluding carboxylic acids is 2. The van der Waals surface area contributed by atoms with E-state index in [-0.39, 0.29) is 22.7 Å². The fraction of sp³-hybridized carbons (Fsp3) is 0.524. The summed E-state index contributed by atoms with van der Waals surface area (Å²) in [5.41, 5.74) is 0.606. The molecule has 0 heterocycles. The van der Waals surface area contributed by atoms with Gasteiger partial charge in [0.1, 0.15) is 0 Å². The largest absolute Gasteiger partial charge is 0.469 e. The van der Waals surface area contributed by atoms with E-state index in [1.807, 2.05) is 18.2 Å². The van der Waals surface area contributed by atoms with E-state index in [9.17, 15) is 14.7 Å². The lowest BCUT2D eigenvalue weighted by atomic mass is 9.96. The molecular formula is C21H27ClO4. The van der Waals surface area contributed by atoms with E-state index >= 15 is 0 Å². The molecule has 0 aromatic carbocycles. The molecular weight excluding hydrogens is 352 g/mol. The number of ketones is 1. The normalized spacial score (nSPS) is 24.1. The van der Waals surface area contributed by atoms with Crippen molar-refractivity contribution in [3.05, 3.63) is 47.1 Å². The fourth-order valence-electron chi connectivity index (χ4n) is 3.38. The zero-order chi connectivity index (χ0) is 18.9. The van der Waals surface area contributed by atoms with Gasteiger partial charge in [0.15, 0.2) is 0 Å². The lowest BCUT2D eigenvalue weighted by Crippen LogP contribution is -2.14. The molecule has 0 radical (unpaired) electrons. The van der Waals surface area contributed by atoms with Gasteiger partial charge in [-0.25, -0.2) is 0 Å². The Balaban J connectivity index is 1.92. The Hall–Kier alpha value is -1.65. The van der Waals surface area contributed by atoms with Crippen molar-refractivity contribution in [3.63, 3.8) is 0 Å². The maximum atomic E-state index is 12.2. The average molecular weight is 379 g/mol. The van der Waals surface area contributed by atoms with Crippen LogP contribution in [-0.4, -0.2) is 30.1 Å². The highest BCUT2D eigenvalue weighted by molar-refractivity contribution is 6.46. The number of hydrogen-bond donors (Lipinski definition) is 1. The van der Waals surface area contributed by atoms with Gasteiger partial charge in [-0.05, 0) is 31.6 Å². The molecule has 0 amide bonds. The zero-order valence-corrected chi connectivity index (χ0v) is 16.0. The molecule has 1 fully saturated rings. The predicted octanol–water partition coefficient (Wildman–Crippen LogP) is 4.24. The first-order valence-electron chi connectivity index (χ1n) is 9.25. The molecule has 26 heavy (non-hydrogen) atoms. The first-order valence-corrected chi connectivity index (χ1v) is 9.62. The van der Waals surface area contributed by atoms with Crippen molar-refractivity contribution in [2.75, 3.05) is 7.11 Å². The van der Waals surface area contributed by atoms with E-state index < -0.39 is 6.10 Å². The molecule has 0 aliphatic heterocycles. The van der Waals surface area contributed by atoms with Crippen LogP contribution in [0, 0.1) is 11.8 Å². The van der Waals surface area contributed by atoms with Crippen LogP contribution in [0.3, 0.4) is 0 Å². The number of aliphatic hydroxyl groups is 1. The van der Waals surface area contributed by atoms with Crippen LogP contribution in [0.1, 0.15) is 44.9 Å². The number of methoxy groups -OCH3 is 1. The highest BCUT2D eigenvalue weighted by Crippen LogP contribution is 2.32. The molecule has 1 saturated carbocycles. The fourth-order valence-corrected chi connectivity index (χ4v) is 3.63. The quantitative estimate of drug-likeness (QED) is 0.297. The molecule has 2 aliphatic rings. The summed E-state index contributed by atoms with van der Waals surface area (Å²) < 4.78 is 4.59. The SMILES string of the molecule is COC(=O)CCCC=CC=C1C(=O)C(Cl)=CC1C=CC(O)C1CCCC1. The molecule has 0 bridgehead atoms. The number of esters is 1. The van der Waals surface area contributed by atoms with Crippen LogP contribution >= 0.6 is 11.6 Å². The lowest BCUT2D eigenvalue weighted by Gasteiger charge is -2.14. The van der Waals surface area contributed by atoms with Gasteiger partial charge in [0.05, 0.1) is 18.2 Å². The van der Waals surface area contributed by atoms with E-state index in [0.29, 0.717) is 24.3 Å². The Morgan fingerprint density at radius 1 is 1.42 bits per heavy atom. The van der Waals surface area contributed by atoms with Gasteiger partial charge in [0.2, 0.25) is 5.78 Å². The second-order valence-corrected chi connectivity index (χ2v) is 7.22. The summed E-state index contributed by atoms with van der Waals surface area (Å²) in [7, 11) is 1.38. The number of rotatable bonds is 8. The number of allylic oxidation sites excluding steroid dienone is 7. The van der Waals surface area contributed by atoms with Gasteiger partial charge in [0.25, 0.3) is 0 Å². The van der Waals surface area contributed by atoms with E-state index in [1.54, 1.807) is 18.2 Å². The van der Waals surface area contributed by atoms with Crippen molar-refractivity contribution in [1.29, 1.82) is 0 Å². The van der Waals surface area contributed by atoms with Crippen LogP contribution in [0.25, 0.3) is 0 Å². The minimum absolute atomic E-state index is 0.170. The van der Waals surface area contributed by atoms with E-state index in [0.717, 1.165) is 19.3 Å². The van der Waals surface area contributed by atoms with Crippen LogP contribution in [0.4, 0.5) is 0 Å². The van der Waals surface area contributed by atoms with Crippen molar-refractivity contribution in [2.45, 2.75) is 51.0 Å². The third kappa shape index (κ3) is 5.96. The Labute approximate surface area is 160 Å². The molecule has 4 nitrogen and oxygen atoms in total. The second kappa shape index (κ2) is 10.5. The van der Waals surface area contributed by atoms with Gasteiger partial charge >= 0.3 is 5.97 Å². The van der Waals surface area contributed by atoms with Crippen molar-refractivity contribution in [3.8, 4) is 0 Å². The number of ether oxygens (including phenoxy) is 1. The average Bonchev–Trinajstić information content (AvgIpc) is 3.26. The molecule has 0 aromatic heterocycles. The molecule has 142 valence electrons. The highest BCUT2D eigenvalue weighted by atomic mass is 35.5. The lowest BCUT2D eigenvalue weighted by molar-refractivity contribution is -0.140. The van der Waals surface area contributed by atoms with Gasteiger partial charge in [-0.3, -0.25) is 9.59 Å². The maximum absolute atomic E-state index is 12.2. The Kier molecular flexibility index (Phi) is 8.33. The summed E-state index contributed by atoms with van der Waals surface area (Å²) in [4.78, 5) is 23.3. The molecule has 2 unspecified atom stereocenters. The third-order valence-electron chi connectivity index (χ3n) is 4.95. The Morgan fingerprint density at radius 2 is 2.15 bits per heavy atom. The highest BCUT2D eigenvalue weighted by Gasteiger charge is 2.27. The summed E-state index contributed by atoms with van der Waals surface area (Å²) in [6.07, 6.45) is 16.7. The summed E-state index contributed by atoms with van der Waals surface area (Å²) in [6, 6.07) is 0. The summed E-state index contributed by atoms with van der Waals surface area (Å²) in [5, 5.41) is 10.5. The number of hydrogen-bond acceptors (Lipinski definition) is 4. The zero-order valence-electron chi connectivity index (χ0n) is 15.2. The molecule has 1 N–H and O–H groups in total. The Morgan fingerprint density at radius 3 is 2.85 bits per heavy atom. The van der Waals surface area contributed by atoms with Crippen LogP contribution in [0.2, 0.25) is 0 Å². The molecule has 0 aromatic rings. The van der Waals surface area contributed by atoms with Crippen molar-refractivity contribution in [2.24, 2.45) is 11.8 Å². The van der Waals surface area contributed by atoms with Gasteiger partial charge in [-0.2, -0.15) is 0 Å². The Bertz CT molecular complexity index is 624. The van der Waals surface area contributed by atoms with E-state index in [1.165, 1.54) is 20.0 Å². The molecule has 0 saturated heterocycles. The third-order valence-corrected chi connectivity index (χ3v) is 5.25. The first-order chi connectivity index (χ1) is 12.5. The monoisotopic (exact) mass is 378 g/mol. The van der Waals surface area contributed by atoms with Crippen LogP contribution in [0.15, 0.2) is 47.1 Å². The summed E-state index contributed by atoms with van der Waals surface area (Å²) in [6.45, 7) is 0. The number of halogens is 1. The minimum Gasteiger partial charge on any atom is -0.469 e. The molecule has 2 aliphatic carbocycles. The van der Waals surface area contributed by atoms with Gasteiger partial charge in [-0.1, -0.05) is 60.9 Å². The molecule has 2 rings (SSSR count). The number of aliphatic hydroxyl groups excluding tert-OH is 1. The van der Waals surface area contributed by atoms with Gasteiger partial charge in [-0.15, -0.1) is 0 Å². The molecule has 0 spiro atoms.